The van der Waals surface area contributed by atoms with Crippen LogP contribution < -0.4 is 0 Å². The first-order valence-electron chi connectivity index (χ1n) is 5.30. The van der Waals surface area contributed by atoms with E-state index in [9.17, 15) is 0 Å². The Balaban J connectivity index is 3.53. The zero-order valence-corrected chi connectivity index (χ0v) is 9.42. The van der Waals surface area contributed by atoms with Gasteiger partial charge < -0.3 is 0 Å². The van der Waals surface area contributed by atoms with E-state index in [-0.39, 0.29) is 0 Å². The van der Waals surface area contributed by atoms with Gasteiger partial charge in [-0.2, -0.15) is 0 Å². The van der Waals surface area contributed by atoms with E-state index in [4.69, 9.17) is 0 Å². The number of hydrogen-bond donors (Lipinski definition) is 0. The molecule has 78 valence electrons. The van der Waals surface area contributed by atoms with Crippen LogP contribution in [0.2, 0.25) is 0 Å². The largest absolute Gasteiger partial charge is 0.103 e. The van der Waals surface area contributed by atoms with Crippen LogP contribution in [0.3, 0.4) is 0 Å². The summed E-state index contributed by atoms with van der Waals surface area (Å²) in [5.41, 5.74) is 0. The lowest BCUT2D eigenvalue weighted by molar-refractivity contribution is 0.763. The monoisotopic (exact) mass is 198 g/mol. The molecule has 0 aliphatic heterocycles. The summed E-state index contributed by atoms with van der Waals surface area (Å²) in [5.74, 6) is 11.2. The zero-order valence-electron chi connectivity index (χ0n) is 9.42. The van der Waals surface area contributed by atoms with Gasteiger partial charge in [-0.3, -0.25) is 0 Å². The van der Waals surface area contributed by atoms with Gasteiger partial charge in [0.2, 0.25) is 0 Å². The fraction of sp³-hybridized carbons (Fsp3) is 0.333. The molecule has 0 fully saturated rings. The van der Waals surface area contributed by atoms with Crippen molar-refractivity contribution in [2.24, 2.45) is 0 Å². The highest BCUT2D eigenvalue weighted by atomic mass is 13.9. The summed E-state index contributed by atoms with van der Waals surface area (Å²) in [4.78, 5) is 0. The van der Waals surface area contributed by atoms with Crippen molar-refractivity contribution < 1.29 is 0 Å². The lowest BCUT2D eigenvalue weighted by atomic mass is 10.2. The molecular weight excluding hydrogens is 180 g/mol. The summed E-state index contributed by atoms with van der Waals surface area (Å²) in [7, 11) is 0. The van der Waals surface area contributed by atoms with Crippen LogP contribution in [0.4, 0.5) is 0 Å². The molecule has 15 heavy (non-hydrogen) atoms. The Kier molecular flexibility index (Phi) is 11.0. The molecule has 0 rings (SSSR count). The molecule has 0 aliphatic carbocycles. The van der Waals surface area contributed by atoms with Crippen LogP contribution in [0.5, 0.6) is 0 Å². The average Bonchev–Trinajstić information content (AvgIpc) is 2.26. The Labute approximate surface area is 93.8 Å². The van der Waals surface area contributed by atoms with Crippen molar-refractivity contribution in [3.63, 3.8) is 0 Å². The van der Waals surface area contributed by atoms with Crippen LogP contribution >= 0.6 is 0 Å². The summed E-state index contributed by atoms with van der Waals surface area (Å²) in [5, 5.41) is 0. The Morgan fingerprint density at radius 3 is 2.33 bits per heavy atom. The summed E-state index contributed by atoms with van der Waals surface area (Å²) >= 11 is 0. The quantitative estimate of drug-likeness (QED) is 0.357. The predicted molar refractivity (Wildman–Crippen MR) is 68.2 cm³/mol. The van der Waals surface area contributed by atoms with Crippen LogP contribution in [0.25, 0.3) is 0 Å². The first kappa shape index (κ1) is 13.3. The van der Waals surface area contributed by atoms with E-state index in [0.29, 0.717) is 0 Å². The molecule has 0 bridgehead atoms. The Morgan fingerprint density at radius 2 is 1.67 bits per heavy atom. The van der Waals surface area contributed by atoms with E-state index >= 15 is 0 Å². The lowest BCUT2D eigenvalue weighted by Gasteiger charge is -1.90. The van der Waals surface area contributed by atoms with Gasteiger partial charge in [-0.05, 0) is 56.6 Å². The maximum absolute atomic E-state index is 3.68. The smallest absolute Gasteiger partial charge is 0.0102 e. The standard InChI is InChI=1S/C15H18/c1-3-5-7-9-11-13-15-14-12-10-8-6-4-2/h3-4,6,13,15H,1,5,7,9,11H2,2H3/b6-4+,15-13-. The highest BCUT2D eigenvalue weighted by molar-refractivity contribution is 5.33. The molecule has 0 heterocycles. The molecule has 0 saturated heterocycles. The fourth-order valence-electron chi connectivity index (χ4n) is 0.932. The SMILES string of the molecule is C=CCCCC/C=C\C#CC#C/C=C/C. The van der Waals surface area contributed by atoms with E-state index < -0.39 is 0 Å². The highest BCUT2D eigenvalue weighted by Crippen LogP contribution is 2.00. The topological polar surface area (TPSA) is 0 Å². The minimum absolute atomic E-state index is 1.09. The summed E-state index contributed by atoms with van der Waals surface area (Å²) in [6.07, 6.45) is 14.2. The fourth-order valence-corrected chi connectivity index (χ4v) is 0.932. The minimum atomic E-state index is 1.09. The molecule has 0 heteroatoms. The van der Waals surface area contributed by atoms with Crippen LogP contribution in [0.15, 0.2) is 37.0 Å². The minimum Gasteiger partial charge on any atom is -0.103 e. The van der Waals surface area contributed by atoms with Gasteiger partial charge in [0, 0.05) is 0 Å². The molecule has 0 aromatic heterocycles. The first-order valence-corrected chi connectivity index (χ1v) is 5.30. The summed E-state index contributed by atoms with van der Waals surface area (Å²) in [6.45, 7) is 5.62. The van der Waals surface area contributed by atoms with Gasteiger partial charge in [-0.25, -0.2) is 0 Å². The highest BCUT2D eigenvalue weighted by Gasteiger charge is 1.80. The third-order valence-electron chi connectivity index (χ3n) is 1.69. The number of rotatable bonds is 5. The maximum Gasteiger partial charge on any atom is -0.0102 e. The Bertz CT molecular complexity index is 321. The van der Waals surface area contributed by atoms with Gasteiger partial charge in [-0.1, -0.05) is 30.1 Å². The molecule has 0 unspecified atom stereocenters. The second kappa shape index (κ2) is 12.3. The van der Waals surface area contributed by atoms with Crippen molar-refractivity contribution >= 4 is 0 Å². The third-order valence-corrected chi connectivity index (χ3v) is 1.69. The van der Waals surface area contributed by atoms with Crippen LogP contribution in [0.1, 0.15) is 32.6 Å². The molecule has 0 spiro atoms. The van der Waals surface area contributed by atoms with Gasteiger partial charge in [0.25, 0.3) is 0 Å². The Hall–Kier alpha value is -1.66. The van der Waals surface area contributed by atoms with Gasteiger partial charge >= 0.3 is 0 Å². The normalized spacial score (nSPS) is 9.40. The van der Waals surface area contributed by atoms with Crippen molar-refractivity contribution in [1.82, 2.24) is 0 Å². The number of allylic oxidation sites excluding steroid dienone is 5. The number of unbranched alkanes of at least 4 members (excludes halogenated alkanes) is 3. The van der Waals surface area contributed by atoms with Crippen LogP contribution in [-0.4, -0.2) is 0 Å². The van der Waals surface area contributed by atoms with E-state index in [1.807, 2.05) is 25.2 Å². The predicted octanol–water partition coefficient (Wildman–Crippen LogP) is 3.87. The number of hydrogen-bond acceptors (Lipinski definition) is 0. The second-order valence-electron chi connectivity index (χ2n) is 3.01. The summed E-state index contributed by atoms with van der Waals surface area (Å²) < 4.78 is 0. The second-order valence-corrected chi connectivity index (χ2v) is 3.01. The molecule has 0 aromatic carbocycles. The van der Waals surface area contributed by atoms with E-state index in [0.717, 1.165) is 12.8 Å². The third kappa shape index (κ3) is 12.3. The van der Waals surface area contributed by atoms with Crippen molar-refractivity contribution in [3.05, 3.63) is 37.0 Å². The van der Waals surface area contributed by atoms with Crippen molar-refractivity contribution in [1.29, 1.82) is 0 Å². The molecule has 0 atom stereocenters. The maximum atomic E-state index is 3.68. The molecule has 0 aliphatic rings. The first-order chi connectivity index (χ1) is 7.41. The molecule has 0 N–H and O–H groups in total. The Morgan fingerprint density at radius 1 is 1.00 bits per heavy atom. The van der Waals surface area contributed by atoms with Crippen LogP contribution in [0, 0.1) is 23.7 Å². The van der Waals surface area contributed by atoms with Gasteiger partial charge in [0.05, 0.1) is 0 Å². The van der Waals surface area contributed by atoms with E-state index in [1.54, 1.807) is 6.08 Å². The average molecular weight is 198 g/mol. The molecule has 0 radical (unpaired) electrons. The van der Waals surface area contributed by atoms with E-state index in [1.165, 1.54) is 12.8 Å². The molecule has 0 nitrogen and oxygen atoms in total. The van der Waals surface area contributed by atoms with Gasteiger partial charge in [0.15, 0.2) is 0 Å². The zero-order chi connectivity index (χ0) is 11.2. The van der Waals surface area contributed by atoms with Crippen molar-refractivity contribution in [2.75, 3.05) is 0 Å². The lowest BCUT2D eigenvalue weighted by Crippen LogP contribution is -1.70. The summed E-state index contributed by atoms with van der Waals surface area (Å²) in [6, 6.07) is 0. The van der Waals surface area contributed by atoms with E-state index in [2.05, 4.69) is 36.3 Å². The van der Waals surface area contributed by atoms with Gasteiger partial charge in [-0.15, -0.1) is 6.58 Å². The molecule has 0 aromatic rings. The van der Waals surface area contributed by atoms with Gasteiger partial charge in [0.1, 0.15) is 0 Å². The van der Waals surface area contributed by atoms with Crippen molar-refractivity contribution in [2.45, 2.75) is 32.6 Å². The molecule has 0 saturated carbocycles. The van der Waals surface area contributed by atoms with Crippen LogP contribution in [-0.2, 0) is 0 Å². The molecule has 0 amide bonds. The molecular formula is C15H18. The van der Waals surface area contributed by atoms with Crippen molar-refractivity contribution in [3.8, 4) is 23.7 Å².